The van der Waals surface area contributed by atoms with Crippen molar-refractivity contribution < 1.29 is 15.3 Å². The first kappa shape index (κ1) is 14.7. The molecule has 0 saturated carbocycles. The van der Waals surface area contributed by atoms with Gasteiger partial charge < -0.3 is 15.3 Å². The summed E-state index contributed by atoms with van der Waals surface area (Å²) in [6, 6.07) is 23.4. The summed E-state index contributed by atoms with van der Waals surface area (Å²) in [7, 11) is 0. The smallest absolute Gasteiger partial charge is 0.123 e. The lowest BCUT2D eigenvalue weighted by atomic mass is 10.1. The van der Waals surface area contributed by atoms with Gasteiger partial charge in [0.25, 0.3) is 0 Å². The average Bonchev–Trinajstić information content (AvgIpc) is 2.55. The monoisotopic (exact) mass is 304 g/mol. The van der Waals surface area contributed by atoms with Crippen LogP contribution >= 0.6 is 0 Å². The molecule has 4 aromatic rings. The summed E-state index contributed by atoms with van der Waals surface area (Å²) in [4.78, 5) is 0. The fraction of sp³-hybridized carbons (Fsp3) is 0. The van der Waals surface area contributed by atoms with Crippen molar-refractivity contribution in [1.82, 2.24) is 0 Å². The molecule has 0 aliphatic rings. The minimum absolute atomic E-state index is 0.216. The van der Waals surface area contributed by atoms with Gasteiger partial charge in [-0.3, -0.25) is 0 Å². The molecule has 0 aliphatic heterocycles. The summed E-state index contributed by atoms with van der Waals surface area (Å²) >= 11 is 0. The van der Waals surface area contributed by atoms with Gasteiger partial charge >= 0.3 is 0 Å². The summed E-state index contributed by atoms with van der Waals surface area (Å²) in [5.41, 5.74) is 0. The van der Waals surface area contributed by atoms with Gasteiger partial charge in [0, 0.05) is 5.39 Å². The van der Waals surface area contributed by atoms with Gasteiger partial charge in [0.2, 0.25) is 0 Å². The molecule has 3 nitrogen and oxygen atoms in total. The third-order valence-corrected chi connectivity index (χ3v) is 3.57. The van der Waals surface area contributed by atoms with Crippen LogP contribution in [0.5, 0.6) is 17.2 Å². The molecular formula is C20H16O3. The van der Waals surface area contributed by atoms with Gasteiger partial charge in [-0.05, 0) is 46.5 Å². The Labute approximate surface area is 133 Å². The molecule has 0 heterocycles. The normalized spacial score (nSPS) is 10.3. The van der Waals surface area contributed by atoms with E-state index in [1.54, 1.807) is 30.3 Å². The molecule has 4 rings (SSSR count). The van der Waals surface area contributed by atoms with Gasteiger partial charge in [-0.15, -0.1) is 0 Å². The second-order valence-corrected chi connectivity index (χ2v) is 5.21. The summed E-state index contributed by atoms with van der Waals surface area (Å²) in [5.74, 6) is 0.782. The quantitative estimate of drug-likeness (QED) is 0.437. The Morgan fingerprint density at radius 2 is 1.09 bits per heavy atom. The van der Waals surface area contributed by atoms with E-state index in [1.165, 1.54) is 0 Å². The number of hydrogen-bond donors (Lipinski definition) is 3. The first-order valence-corrected chi connectivity index (χ1v) is 7.22. The molecule has 0 unspecified atom stereocenters. The number of rotatable bonds is 0. The summed E-state index contributed by atoms with van der Waals surface area (Å²) < 4.78 is 0. The lowest BCUT2D eigenvalue weighted by molar-refractivity contribution is 0.474. The average molecular weight is 304 g/mol. The first-order chi connectivity index (χ1) is 11.1. The zero-order valence-electron chi connectivity index (χ0n) is 12.3. The number of fused-ring (bicyclic) bond motifs is 2. The number of phenolic OH excluding ortho intramolecular Hbond substituents is 3. The highest BCUT2D eigenvalue weighted by atomic mass is 16.3. The molecule has 4 aromatic carbocycles. The molecule has 0 aliphatic carbocycles. The predicted molar refractivity (Wildman–Crippen MR) is 92.9 cm³/mol. The molecule has 3 heteroatoms. The van der Waals surface area contributed by atoms with Crippen LogP contribution in [0.25, 0.3) is 21.5 Å². The molecular weight excluding hydrogens is 288 g/mol. The second kappa shape index (κ2) is 6.28. The first-order valence-electron chi connectivity index (χ1n) is 7.22. The zero-order valence-corrected chi connectivity index (χ0v) is 12.3. The van der Waals surface area contributed by atoms with Gasteiger partial charge in [0.1, 0.15) is 17.2 Å². The van der Waals surface area contributed by atoms with Crippen LogP contribution in [0.4, 0.5) is 0 Å². The SMILES string of the molecule is Oc1ccc2ccc(O)cc2c1.Oc1cccc2ccccc12. The van der Waals surface area contributed by atoms with Crippen molar-refractivity contribution in [3.05, 3.63) is 78.9 Å². The van der Waals surface area contributed by atoms with Crippen molar-refractivity contribution in [1.29, 1.82) is 0 Å². The highest BCUT2D eigenvalue weighted by Gasteiger charge is 1.96. The van der Waals surface area contributed by atoms with Crippen LogP contribution in [0.15, 0.2) is 78.9 Å². The van der Waals surface area contributed by atoms with Crippen LogP contribution in [0.1, 0.15) is 0 Å². The van der Waals surface area contributed by atoms with Crippen LogP contribution in [-0.4, -0.2) is 15.3 Å². The van der Waals surface area contributed by atoms with Crippen molar-refractivity contribution in [3.8, 4) is 17.2 Å². The fourth-order valence-corrected chi connectivity index (χ4v) is 2.43. The van der Waals surface area contributed by atoms with Gasteiger partial charge in [0.15, 0.2) is 0 Å². The highest BCUT2D eigenvalue weighted by Crippen LogP contribution is 2.24. The summed E-state index contributed by atoms with van der Waals surface area (Å²) in [5, 5.41) is 31.5. The van der Waals surface area contributed by atoms with E-state index in [2.05, 4.69) is 0 Å². The summed E-state index contributed by atoms with van der Waals surface area (Å²) in [6.07, 6.45) is 0. The second-order valence-electron chi connectivity index (χ2n) is 5.21. The van der Waals surface area contributed by atoms with E-state index in [-0.39, 0.29) is 11.5 Å². The molecule has 3 N–H and O–H groups in total. The Bertz CT molecular complexity index is 919. The molecule has 0 bridgehead atoms. The molecule has 0 saturated heterocycles. The highest BCUT2D eigenvalue weighted by molar-refractivity contribution is 5.87. The van der Waals surface area contributed by atoms with Crippen LogP contribution in [0.3, 0.4) is 0 Å². The van der Waals surface area contributed by atoms with Gasteiger partial charge in [0.05, 0.1) is 0 Å². The molecule has 0 amide bonds. The van der Waals surface area contributed by atoms with Crippen molar-refractivity contribution in [2.75, 3.05) is 0 Å². The van der Waals surface area contributed by atoms with Crippen molar-refractivity contribution in [2.24, 2.45) is 0 Å². The maximum atomic E-state index is 9.37. The predicted octanol–water partition coefficient (Wildman–Crippen LogP) is 4.80. The van der Waals surface area contributed by atoms with Crippen LogP contribution < -0.4 is 0 Å². The van der Waals surface area contributed by atoms with Gasteiger partial charge in [-0.25, -0.2) is 0 Å². The van der Waals surface area contributed by atoms with E-state index in [9.17, 15) is 5.11 Å². The lowest BCUT2D eigenvalue weighted by Crippen LogP contribution is -1.71. The number of aromatic hydroxyl groups is 3. The molecule has 0 aromatic heterocycles. The fourth-order valence-electron chi connectivity index (χ4n) is 2.43. The van der Waals surface area contributed by atoms with Crippen LogP contribution in [0.2, 0.25) is 0 Å². The number of hydrogen-bond acceptors (Lipinski definition) is 3. The number of benzene rings is 4. The lowest BCUT2D eigenvalue weighted by Gasteiger charge is -1.98. The van der Waals surface area contributed by atoms with E-state index in [0.717, 1.165) is 21.5 Å². The third-order valence-electron chi connectivity index (χ3n) is 3.57. The molecule has 0 spiro atoms. The van der Waals surface area contributed by atoms with Crippen molar-refractivity contribution >= 4 is 21.5 Å². The Kier molecular flexibility index (Phi) is 4.02. The topological polar surface area (TPSA) is 60.7 Å². The minimum atomic E-state index is 0.216. The van der Waals surface area contributed by atoms with Gasteiger partial charge in [-0.2, -0.15) is 0 Å². The Hall–Kier alpha value is -3.20. The molecule has 114 valence electrons. The zero-order chi connectivity index (χ0) is 16.2. The summed E-state index contributed by atoms with van der Waals surface area (Å²) in [6.45, 7) is 0. The van der Waals surface area contributed by atoms with Crippen molar-refractivity contribution in [2.45, 2.75) is 0 Å². The Morgan fingerprint density at radius 3 is 1.74 bits per heavy atom. The van der Waals surface area contributed by atoms with E-state index in [0.29, 0.717) is 5.75 Å². The standard InChI is InChI=1S/C10H8O2.C10H8O/c11-9-3-1-7-2-4-10(12)6-8(7)5-9;11-10-7-3-5-8-4-1-2-6-9(8)10/h1-6,11-12H;1-7,11H. The molecule has 0 fully saturated rings. The van der Waals surface area contributed by atoms with Gasteiger partial charge in [-0.1, -0.05) is 48.5 Å². The molecule has 0 radical (unpaired) electrons. The molecule has 0 atom stereocenters. The van der Waals surface area contributed by atoms with E-state index >= 15 is 0 Å². The van der Waals surface area contributed by atoms with Crippen LogP contribution in [-0.2, 0) is 0 Å². The largest absolute Gasteiger partial charge is 0.508 e. The van der Waals surface area contributed by atoms with Crippen molar-refractivity contribution in [3.63, 3.8) is 0 Å². The Morgan fingerprint density at radius 1 is 0.478 bits per heavy atom. The maximum absolute atomic E-state index is 9.37. The molecule has 23 heavy (non-hydrogen) atoms. The number of phenols is 3. The van der Waals surface area contributed by atoms with Crippen LogP contribution in [0, 0.1) is 0 Å². The van der Waals surface area contributed by atoms with E-state index < -0.39 is 0 Å². The minimum Gasteiger partial charge on any atom is -0.508 e. The van der Waals surface area contributed by atoms with E-state index in [1.807, 2.05) is 48.5 Å². The Balaban J connectivity index is 0.000000136. The maximum Gasteiger partial charge on any atom is 0.123 e. The van der Waals surface area contributed by atoms with E-state index in [4.69, 9.17) is 10.2 Å². The third kappa shape index (κ3) is 3.35.